The summed E-state index contributed by atoms with van der Waals surface area (Å²) in [4.78, 5) is 19.1. The lowest BCUT2D eigenvalue weighted by atomic mass is 10.0. The van der Waals surface area contributed by atoms with Crippen LogP contribution in [0.2, 0.25) is 5.02 Å². The Hall–Kier alpha value is -0.860. The molecule has 3 heterocycles. The number of carbonyl (C=O) groups excluding carboxylic acids is 1. The van der Waals surface area contributed by atoms with Crippen molar-refractivity contribution in [3.63, 3.8) is 0 Å². The first kappa shape index (κ1) is 17.5. The third-order valence-corrected chi connectivity index (χ3v) is 8.49. The van der Waals surface area contributed by atoms with E-state index in [-0.39, 0.29) is 17.7 Å². The molecule has 5 nitrogen and oxygen atoms in total. The maximum absolute atomic E-state index is 12.9. The molecule has 1 unspecified atom stereocenters. The van der Waals surface area contributed by atoms with Gasteiger partial charge in [-0.25, -0.2) is 4.98 Å². The first-order chi connectivity index (χ1) is 11.8. The summed E-state index contributed by atoms with van der Waals surface area (Å²) in [5, 5.41) is 4.70. The van der Waals surface area contributed by atoms with Gasteiger partial charge in [0.25, 0.3) is 5.91 Å². The van der Waals surface area contributed by atoms with E-state index in [4.69, 9.17) is 11.6 Å². The van der Waals surface area contributed by atoms with Crippen LogP contribution in [0.3, 0.4) is 0 Å². The number of nitrogens with one attached hydrogen (secondary N) is 1. The van der Waals surface area contributed by atoms with Gasteiger partial charge in [0.05, 0.1) is 21.3 Å². The Balaban J connectivity index is 1.73. The van der Waals surface area contributed by atoms with Gasteiger partial charge in [0.2, 0.25) is 0 Å². The molecule has 2 aromatic rings. The summed E-state index contributed by atoms with van der Waals surface area (Å²) in [7, 11) is -2.52. The van der Waals surface area contributed by atoms with E-state index in [9.17, 15) is 13.9 Å². The van der Waals surface area contributed by atoms with Gasteiger partial charge in [-0.05, 0) is 50.2 Å². The van der Waals surface area contributed by atoms with Crippen molar-refractivity contribution < 1.29 is 13.9 Å². The van der Waals surface area contributed by atoms with Gasteiger partial charge < -0.3 is 5.32 Å². The molecule has 2 fully saturated rings. The van der Waals surface area contributed by atoms with Crippen LogP contribution in [-0.2, 0) is 0 Å². The maximum Gasteiger partial charge on any atom is 0.262 e. The summed E-state index contributed by atoms with van der Waals surface area (Å²) in [6, 6.07) is -0.172. The minimum absolute atomic E-state index is 0.125. The summed E-state index contributed by atoms with van der Waals surface area (Å²) < 4.78 is 19.6. The molecule has 3 N–H and O–H groups in total. The molecule has 1 aliphatic heterocycles. The molecular weight excluding hydrogens is 380 g/mol. The molecule has 1 saturated carbocycles. The standard InChI is InChI=1S/C17H21ClN2O3S2/c1-8-12-13(10-3-4-10)15(24-17(12)19-9(2)14(8)18)16(21)20-11-5-6-25(22,23)7-11/h10-11,22-23H,3-7H2,1-2H3,(H,20,21). The number of pyridine rings is 1. The van der Waals surface area contributed by atoms with E-state index in [1.165, 1.54) is 11.3 Å². The van der Waals surface area contributed by atoms with E-state index in [0.29, 0.717) is 28.0 Å². The van der Waals surface area contributed by atoms with Crippen molar-refractivity contribution >= 4 is 49.7 Å². The zero-order valence-corrected chi connectivity index (χ0v) is 16.5. The Labute approximate surface area is 157 Å². The third kappa shape index (κ3) is 3.17. The molecule has 8 heteroatoms. The summed E-state index contributed by atoms with van der Waals surface area (Å²) >= 11 is 7.82. The number of hydrogen-bond donors (Lipinski definition) is 3. The Morgan fingerprint density at radius 3 is 2.64 bits per heavy atom. The zero-order valence-electron chi connectivity index (χ0n) is 14.1. The molecule has 0 spiro atoms. The highest BCUT2D eigenvalue weighted by Gasteiger charge is 2.35. The molecule has 2 aromatic heterocycles. The Bertz CT molecular complexity index is 877. The lowest BCUT2D eigenvalue weighted by Gasteiger charge is -2.26. The van der Waals surface area contributed by atoms with Crippen molar-refractivity contribution in [1.82, 2.24) is 10.3 Å². The van der Waals surface area contributed by atoms with Crippen LogP contribution in [0.4, 0.5) is 0 Å². The number of halogens is 1. The van der Waals surface area contributed by atoms with Crippen LogP contribution in [0, 0.1) is 13.8 Å². The second kappa shape index (κ2) is 6.09. The van der Waals surface area contributed by atoms with Gasteiger partial charge in [-0.1, -0.05) is 11.6 Å². The average molecular weight is 401 g/mol. The normalized spacial score (nSPS) is 23.8. The zero-order chi connectivity index (χ0) is 17.9. The van der Waals surface area contributed by atoms with Gasteiger partial charge >= 0.3 is 0 Å². The summed E-state index contributed by atoms with van der Waals surface area (Å²) in [5.41, 5.74) is 2.86. The van der Waals surface area contributed by atoms with E-state index in [1.807, 2.05) is 13.8 Å². The highest BCUT2D eigenvalue weighted by molar-refractivity contribution is 8.24. The maximum atomic E-state index is 12.9. The summed E-state index contributed by atoms with van der Waals surface area (Å²) in [6.07, 6.45) is 2.78. The molecule has 136 valence electrons. The second-order valence-electron chi connectivity index (χ2n) is 7.07. The van der Waals surface area contributed by atoms with Crippen LogP contribution in [0.1, 0.15) is 51.7 Å². The van der Waals surface area contributed by atoms with Gasteiger partial charge in [0, 0.05) is 17.2 Å². The van der Waals surface area contributed by atoms with Crippen molar-refractivity contribution in [3.8, 4) is 0 Å². The molecule has 25 heavy (non-hydrogen) atoms. The van der Waals surface area contributed by atoms with Crippen molar-refractivity contribution in [2.75, 3.05) is 11.5 Å². The van der Waals surface area contributed by atoms with E-state index in [1.54, 1.807) is 0 Å². The van der Waals surface area contributed by atoms with E-state index >= 15 is 0 Å². The molecule has 0 radical (unpaired) electrons. The molecule has 1 saturated heterocycles. The molecule has 1 atom stereocenters. The molecule has 0 aromatic carbocycles. The minimum Gasteiger partial charge on any atom is -0.347 e. The Morgan fingerprint density at radius 2 is 2.04 bits per heavy atom. The molecule has 2 aliphatic rings. The number of aryl methyl sites for hydroxylation is 2. The minimum atomic E-state index is -2.52. The fourth-order valence-corrected chi connectivity index (χ4v) is 6.70. The van der Waals surface area contributed by atoms with Crippen LogP contribution in [0.25, 0.3) is 10.2 Å². The van der Waals surface area contributed by atoms with Crippen molar-refractivity contribution in [2.24, 2.45) is 0 Å². The molecule has 4 rings (SSSR count). The molecule has 1 aliphatic carbocycles. The van der Waals surface area contributed by atoms with Gasteiger partial charge in [0.1, 0.15) is 4.83 Å². The summed E-state index contributed by atoms with van der Waals surface area (Å²) in [6.45, 7) is 3.88. The Kier molecular flexibility index (Phi) is 4.28. The topological polar surface area (TPSA) is 82.5 Å². The number of carbonyl (C=O) groups is 1. The predicted octanol–water partition coefficient (Wildman–Crippen LogP) is 4.70. The Morgan fingerprint density at radius 1 is 1.32 bits per heavy atom. The van der Waals surface area contributed by atoms with Crippen LogP contribution in [0.15, 0.2) is 0 Å². The molecule has 1 amide bonds. The second-order valence-corrected chi connectivity index (χ2v) is 10.8. The largest absolute Gasteiger partial charge is 0.347 e. The highest BCUT2D eigenvalue weighted by atomic mass is 35.5. The first-order valence-corrected chi connectivity index (χ1v) is 11.5. The lowest BCUT2D eigenvalue weighted by molar-refractivity contribution is 0.0944. The number of nitrogens with zero attached hydrogens (tertiary/aromatic N) is 1. The number of rotatable bonds is 3. The fourth-order valence-electron chi connectivity index (χ4n) is 3.57. The fraction of sp³-hybridized carbons (Fsp3) is 0.529. The lowest BCUT2D eigenvalue weighted by Crippen LogP contribution is -2.35. The number of fused-ring (bicyclic) bond motifs is 1. The van der Waals surface area contributed by atoms with E-state index in [2.05, 4.69) is 10.3 Å². The van der Waals surface area contributed by atoms with Crippen LogP contribution in [0.5, 0.6) is 0 Å². The smallest absolute Gasteiger partial charge is 0.262 e. The van der Waals surface area contributed by atoms with Crippen LogP contribution < -0.4 is 5.32 Å². The third-order valence-electron chi connectivity index (χ3n) is 5.01. The molecular formula is C17H21ClN2O3S2. The molecule has 0 bridgehead atoms. The van der Waals surface area contributed by atoms with Gasteiger partial charge in [0.15, 0.2) is 0 Å². The van der Waals surface area contributed by atoms with E-state index < -0.39 is 10.6 Å². The average Bonchev–Trinajstić information content (AvgIpc) is 3.22. The van der Waals surface area contributed by atoms with Gasteiger partial charge in [-0.3, -0.25) is 13.9 Å². The van der Waals surface area contributed by atoms with Gasteiger partial charge in [-0.2, -0.15) is 10.6 Å². The van der Waals surface area contributed by atoms with Crippen molar-refractivity contribution in [1.29, 1.82) is 0 Å². The SMILES string of the molecule is Cc1nc2sc(C(=O)NC3CCS(O)(O)C3)c(C3CC3)c2c(C)c1Cl. The number of thiophene rings is 1. The highest BCUT2D eigenvalue weighted by Crippen LogP contribution is 2.50. The van der Waals surface area contributed by atoms with E-state index in [0.717, 1.165) is 39.9 Å². The predicted molar refractivity (Wildman–Crippen MR) is 105 cm³/mol. The number of hydrogen-bond acceptors (Lipinski definition) is 5. The number of amides is 1. The summed E-state index contributed by atoms with van der Waals surface area (Å²) in [5.74, 6) is 0.901. The number of aromatic nitrogens is 1. The quantitative estimate of drug-likeness (QED) is 0.697. The van der Waals surface area contributed by atoms with Crippen molar-refractivity contribution in [3.05, 3.63) is 26.7 Å². The van der Waals surface area contributed by atoms with Gasteiger partial charge in [-0.15, -0.1) is 11.3 Å². The monoisotopic (exact) mass is 400 g/mol. The van der Waals surface area contributed by atoms with Crippen molar-refractivity contribution in [2.45, 2.75) is 45.1 Å². The van der Waals surface area contributed by atoms with Crippen LogP contribution >= 0.6 is 33.5 Å². The first-order valence-electron chi connectivity index (χ1n) is 8.40. The van der Waals surface area contributed by atoms with Crippen LogP contribution in [-0.4, -0.2) is 37.5 Å².